The second-order valence-corrected chi connectivity index (χ2v) is 4.03. The molecule has 0 aliphatic heterocycles. The van der Waals surface area contributed by atoms with Crippen molar-refractivity contribution in [2.24, 2.45) is 0 Å². The number of pyridine rings is 1. The molecule has 0 saturated carbocycles. The maximum absolute atomic E-state index is 10.9. The molecule has 0 spiro atoms. The first-order valence-corrected chi connectivity index (χ1v) is 6.26. The molecule has 1 aromatic heterocycles. The van der Waals surface area contributed by atoms with Crippen LogP contribution in [0.4, 0.5) is 11.4 Å². The van der Waals surface area contributed by atoms with E-state index >= 15 is 0 Å². The van der Waals surface area contributed by atoms with Gasteiger partial charge in [0, 0.05) is 24.4 Å². The second kappa shape index (κ2) is 6.51. The molecule has 0 bridgehead atoms. The number of para-hydroxylation sites is 1. The van der Waals surface area contributed by atoms with Crippen LogP contribution < -0.4 is 10.1 Å². The van der Waals surface area contributed by atoms with E-state index in [1.54, 1.807) is 30.5 Å². The quantitative estimate of drug-likeness (QED) is 0.646. The Morgan fingerprint density at radius 1 is 1.30 bits per heavy atom. The van der Waals surface area contributed by atoms with Crippen LogP contribution in [-0.4, -0.2) is 16.5 Å². The van der Waals surface area contributed by atoms with Gasteiger partial charge in [-0.15, -0.1) is 0 Å². The third-order valence-electron chi connectivity index (χ3n) is 2.71. The lowest BCUT2D eigenvalue weighted by molar-refractivity contribution is -0.385. The molecule has 104 valence electrons. The van der Waals surface area contributed by atoms with Crippen LogP contribution in [-0.2, 0) is 6.54 Å². The lowest BCUT2D eigenvalue weighted by Gasteiger charge is -2.11. The smallest absolute Gasteiger partial charge is 0.274 e. The van der Waals surface area contributed by atoms with Crippen molar-refractivity contribution in [3.05, 3.63) is 58.3 Å². The molecule has 20 heavy (non-hydrogen) atoms. The molecule has 6 nitrogen and oxygen atoms in total. The van der Waals surface area contributed by atoms with E-state index in [0.29, 0.717) is 30.3 Å². The Morgan fingerprint density at radius 2 is 2.10 bits per heavy atom. The summed E-state index contributed by atoms with van der Waals surface area (Å²) >= 11 is 0. The largest absolute Gasteiger partial charge is 0.476 e. The number of hydrogen-bond acceptors (Lipinski definition) is 5. The van der Waals surface area contributed by atoms with Crippen molar-refractivity contribution >= 4 is 11.4 Å². The highest BCUT2D eigenvalue weighted by Gasteiger charge is 2.12. The minimum atomic E-state index is -0.385. The fraction of sp³-hybridized carbons (Fsp3) is 0.214. The van der Waals surface area contributed by atoms with Gasteiger partial charge >= 0.3 is 0 Å². The molecule has 2 aromatic rings. The van der Waals surface area contributed by atoms with E-state index in [1.165, 1.54) is 6.07 Å². The third-order valence-corrected chi connectivity index (χ3v) is 2.71. The highest BCUT2D eigenvalue weighted by Crippen LogP contribution is 2.23. The molecule has 1 heterocycles. The number of nitrogens with one attached hydrogen (secondary N) is 1. The summed E-state index contributed by atoms with van der Waals surface area (Å²) in [4.78, 5) is 14.7. The van der Waals surface area contributed by atoms with E-state index < -0.39 is 0 Å². The molecule has 0 fully saturated rings. The molecular formula is C14H15N3O3. The highest BCUT2D eigenvalue weighted by molar-refractivity contribution is 5.53. The molecule has 0 atom stereocenters. The third kappa shape index (κ3) is 3.23. The standard InChI is InChI=1S/C14H15N3O3/c1-2-20-14-12(7-5-9-15-14)16-10-11-6-3-4-8-13(11)17(18)19/h3-9,16H,2,10H2,1H3. The van der Waals surface area contributed by atoms with Crippen LogP contribution in [0, 0.1) is 10.1 Å². The Morgan fingerprint density at radius 3 is 2.85 bits per heavy atom. The maximum Gasteiger partial charge on any atom is 0.274 e. The zero-order valence-electron chi connectivity index (χ0n) is 11.1. The summed E-state index contributed by atoms with van der Waals surface area (Å²) in [5, 5.41) is 14.1. The Hall–Kier alpha value is -2.63. The predicted octanol–water partition coefficient (Wildman–Crippen LogP) is 3.00. The Balaban J connectivity index is 2.15. The van der Waals surface area contributed by atoms with Gasteiger partial charge < -0.3 is 10.1 Å². The van der Waals surface area contributed by atoms with Gasteiger partial charge in [0.05, 0.1) is 17.2 Å². The molecule has 0 amide bonds. The van der Waals surface area contributed by atoms with Crippen LogP contribution in [0.5, 0.6) is 5.88 Å². The van der Waals surface area contributed by atoms with Crippen molar-refractivity contribution in [3.8, 4) is 5.88 Å². The second-order valence-electron chi connectivity index (χ2n) is 4.03. The summed E-state index contributed by atoms with van der Waals surface area (Å²) in [6, 6.07) is 10.2. The SMILES string of the molecule is CCOc1ncccc1NCc1ccccc1[N+](=O)[O-]. The normalized spacial score (nSPS) is 10.1. The molecule has 0 aliphatic carbocycles. The van der Waals surface area contributed by atoms with Gasteiger partial charge in [0.25, 0.3) is 5.69 Å². The number of nitrogens with zero attached hydrogens (tertiary/aromatic N) is 2. The van der Waals surface area contributed by atoms with Gasteiger partial charge in [-0.2, -0.15) is 0 Å². The van der Waals surface area contributed by atoms with Gasteiger partial charge in [0.15, 0.2) is 0 Å². The monoisotopic (exact) mass is 273 g/mol. The summed E-state index contributed by atoms with van der Waals surface area (Å²) < 4.78 is 5.40. The number of aromatic nitrogens is 1. The molecule has 1 aromatic carbocycles. The Labute approximate surface area is 116 Å². The molecule has 6 heteroatoms. The van der Waals surface area contributed by atoms with Gasteiger partial charge in [-0.3, -0.25) is 10.1 Å². The predicted molar refractivity (Wildman–Crippen MR) is 75.8 cm³/mol. The minimum absolute atomic E-state index is 0.0989. The van der Waals surface area contributed by atoms with Crippen LogP contribution >= 0.6 is 0 Å². The first-order valence-electron chi connectivity index (χ1n) is 6.26. The fourth-order valence-electron chi connectivity index (χ4n) is 1.81. The molecule has 0 saturated heterocycles. The minimum Gasteiger partial charge on any atom is -0.476 e. The number of nitro groups is 1. The first kappa shape index (κ1) is 13.8. The Kier molecular flexibility index (Phi) is 4.49. The number of anilines is 1. The summed E-state index contributed by atoms with van der Waals surface area (Å²) in [7, 11) is 0. The fourth-order valence-corrected chi connectivity index (χ4v) is 1.81. The Bertz CT molecular complexity index is 602. The molecule has 2 rings (SSSR count). The van der Waals surface area contributed by atoms with Crippen molar-refractivity contribution in [2.45, 2.75) is 13.5 Å². The zero-order chi connectivity index (χ0) is 14.4. The van der Waals surface area contributed by atoms with Crippen LogP contribution in [0.1, 0.15) is 12.5 Å². The van der Waals surface area contributed by atoms with Crippen LogP contribution in [0.3, 0.4) is 0 Å². The summed E-state index contributed by atoms with van der Waals surface area (Å²) in [6.07, 6.45) is 1.64. The van der Waals surface area contributed by atoms with Crippen LogP contribution in [0.15, 0.2) is 42.6 Å². The summed E-state index contributed by atoms with van der Waals surface area (Å²) in [5.41, 5.74) is 1.43. The van der Waals surface area contributed by atoms with Crippen molar-refractivity contribution in [3.63, 3.8) is 0 Å². The molecular weight excluding hydrogens is 258 g/mol. The van der Waals surface area contributed by atoms with Gasteiger partial charge in [0.1, 0.15) is 0 Å². The zero-order valence-corrected chi connectivity index (χ0v) is 11.1. The average Bonchev–Trinajstić information content (AvgIpc) is 2.47. The van der Waals surface area contributed by atoms with Gasteiger partial charge in [-0.1, -0.05) is 18.2 Å². The van der Waals surface area contributed by atoms with Crippen LogP contribution in [0.2, 0.25) is 0 Å². The highest BCUT2D eigenvalue weighted by atomic mass is 16.6. The van der Waals surface area contributed by atoms with Gasteiger partial charge in [-0.25, -0.2) is 4.98 Å². The lowest BCUT2D eigenvalue weighted by atomic mass is 10.2. The summed E-state index contributed by atoms with van der Waals surface area (Å²) in [5.74, 6) is 0.494. The molecule has 0 aliphatic rings. The molecule has 0 radical (unpaired) electrons. The number of rotatable bonds is 6. The number of benzene rings is 1. The number of nitro benzene ring substituents is 1. The molecule has 1 N–H and O–H groups in total. The van der Waals surface area contributed by atoms with Crippen molar-refractivity contribution < 1.29 is 9.66 Å². The van der Waals surface area contributed by atoms with Crippen molar-refractivity contribution in [1.82, 2.24) is 4.98 Å². The van der Waals surface area contributed by atoms with E-state index in [1.807, 2.05) is 13.0 Å². The van der Waals surface area contributed by atoms with E-state index in [0.717, 1.165) is 0 Å². The van der Waals surface area contributed by atoms with Crippen LogP contribution in [0.25, 0.3) is 0 Å². The summed E-state index contributed by atoms with van der Waals surface area (Å²) in [6.45, 7) is 2.72. The van der Waals surface area contributed by atoms with E-state index in [-0.39, 0.29) is 10.6 Å². The van der Waals surface area contributed by atoms with E-state index in [2.05, 4.69) is 10.3 Å². The molecule has 0 unspecified atom stereocenters. The van der Waals surface area contributed by atoms with Crippen molar-refractivity contribution in [1.29, 1.82) is 0 Å². The number of hydrogen-bond donors (Lipinski definition) is 1. The first-order chi connectivity index (χ1) is 9.72. The van der Waals surface area contributed by atoms with Gasteiger partial charge in [0.2, 0.25) is 5.88 Å². The lowest BCUT2D eigenvalue weighted by Crippen LogP contribution is -2.05. The average molecular weight is 273 g/mol. The van der Waals surface area contributed by atoms with Gasteiger partial charge in [-0.05, 0) is 19.1 Å². The maximum atomic E-state index is 10.9. The van der Waals surface area contributed by atoms with E-state index in [9.17, 15) is 10.1 Å². The topological polar surface area (TPSA) is 77.3 Å². The number of ether oxygens (including phenoxy) is 1. The van der Waals surface area contributed by atoms with Crippen molar-refractivity contribution in [2.75, 3.05) is 11.9 Å². The van der Waals surface area contributed by atoms with E-state index in [4.69, 9.17) is 4.74 Å².